The SMILES string of the molecule is Cc1ccc(NC(=O)Cc2nc(CSc3nc4ccc(C)cc4[nH]3)cs2)cc1. The van der Waals surface area contributed by atoms with E-state index in [2.05, 4.69) is 39.3 Å². The monoisotopic (exact) mass is 408 g/mol. The molecule has 2 aromatic heterocycles. The highest BCUT2D eigenvalue weighted by atomic mass is 32.2. The van der Waals surface area contributed by atoms with Crippen molar-refractivity contribution >= 4 is 45.7 Å². The molecule has 0 fully saturated rings. The van der Waals surface area contributed by atoms with Crippen LogP contribution in [0.4, 0.5) is 5.69 Å². The van der Waals surface area contributed by atoms with E-state index in [1.165, 1.54) is 22.5 Å². The average molecular weight is 409 g/mol. The first-order valence-electron chi connectivity index (χ1n) is 8.94. The summed E-state index contributed by atoms with van der Waals surface area (Å²) >= 11 is 3.14. The molecule has 0 aliphatic rings. The molecule has 142 valence electrons. The van der Waals surface area contributed by atoms with E-state index in [1.54, 1.807) is 11.8 Å². The highest BCUT2D eigenvalue weighted by Gasteiger charge is 2.10. The lowest BCUT2D eigenvalue weighted by molar-refractivity contribution is -0.115. The molecule has 5 nitrogen and oxygen atoms in total. The zero-order valence-electron chi connectivity index (χ0n) is 15.7. The summed E-state index contributed by atoms with van der Waals surface area (Å²) in [4.78, 5) is 24.7. The molecule has 0 saturated carbocycles. The van der Waals surface area contributed by atoms with E-state index < -0.39 is 0 Å². The molecule has 4 rings (SSSR count). The van der Waals surface area contributed by atoms with Gasteiger partial charge in [-0.25, -0.2) is 9.97 Å². The van der Waals surface area contributed by atoms with Crippen molar-refractivity contribution in [3.63, 3.8) is 0 Å². The fourth-order valence-corrected chi connectivity index (χ4v) is 4.46. The number of imidazole rings is 1. The van der Waals surface area contributed by atoms with Crippen molar-refractivity contribution in [1.29, 1.82) is 0 Å². The Kier molecular flexibility index (Phi) is 5.45. The standard InChI is InChI=1S/C21H20N4OS2/c1-13-3-6-15(7-4-13)22-19(26)10-20-23-16(11-27-20)12-28-21-24-17-8-5-14(2)9-18(17)25-21/h3-9,11H,10,12H2,1-2H3,(H,22,26)(H,24,25). The molecule has 0 spiro atoms. The zero-order chi connectivity index (χ0) is 19.5. The van der Waals surface area contributed by atoms with Gasteiger partial charge in [0.05, 0.1) is 23.1 Å². The average Bonchev–Trinajstić information content (AvgIpc) is 3.27. The Bertz CT molecular complexity index is 1120. The van der Waals surface area contributed by atoms with E-state index in [4.69, 9.17) is 0 Å². The van der Waals surface area contributed by atoms with Crippen LogP contribution in [0.2, 0.25) is 0 Å². The third kappa shape index (κ3) is 4.61. The second-order valence-electron chi connectivity index (χ2n) is 6.67. The van der Waals surface area contributed by atoms with Crippen LogP contribution in [0.1, 0.15) is 21.8 Å². The van der Waals surface area contributed by atoms with Gasteiger partial charge in [-0.3, -0.25) is 4.79 Å². The summed E-state index contributed by atoms with van der Waals surface area (Å²) in [6, 6.07) is 14.0. The first-order valence-corrected chi connectivity index (χ1v) is 10.8. The second kappa shape index (κ2) is 8.16. The quantitative estimate of drug-likeness (QED) is 0.435. The van der Waals surface area contributed by atoms with Crippen LogP contribution in [-0.4, -0.2) is 20.9 Å². The van der Waals surface area contributed by atoms with Gasteiger partial charge in [0.2, 0.25) is 5.91 Å². The Morgan fingerprint density at radius 2 is 1.89 bits per heavy atom. The van der Waals surface area contributed by atoms with E-state index in [0.717, 1.165) is 38.3 Å². The molecule has 28 heavy (non-hydrogen) atoms. The fourth-order valence-electron chi connectivity index (χ4n) is 2.79. The lowest BCUT2D eigenvalue weighted by Crippen LogP contribution is -2.14. The van der Waals surface area contributed by atoms with Crippen LogP contribution in [0.15, 0.2) is 53.0 Å². The summed E-state index contributed by atoms with van der Waals surface area (Å²) in [5, 5.41) is 6.62. The number of thiazole rings is 1. The number of aromatic nitrogens is 3. The van der Waals surface area contributed by atoms with Gasteiger partial charge in [0, 0.05) is 16.8 Å². The number of rotatable bonds is 6. The summed E-state index contributed by atoms with van der Waals surface area (Å²) in [5.41, 5.74) is 6.17. The highest BCUT2D eigenvalue weighted by Crippen LogP contribution is 2.24. The van der Waals surface area contributed by atoms with E-state index in [1.807, 2.05) is 42.6 Å². The Morgan fingerprint density at radius 3 is 2.71 bits per heavy atom. The number of amides is 1. The van der Waals surface area contributed by atoms with Crippen LogP contribution >= 0.6 is 23.1 Å². The number of carbonyl (C=O) groups excluding carboxylic acids is 1. The van der Waals surface area contributed by atoms with Crippen molar-refractivity contribution in [2.24, 2.45) is 0 Å². The van der Waals surface area contributed by atoms with Crippen LogP contribution in [0.25, 0.3) is 11.0 Å². The van der Waals surface area contributed by atoms with Crippen molar-refractivity contribution in [3.8, 4) is 0 Å². The molecule has 1 amide bonds. The second-order valence-corrected chi connectivity index (χ2v) is 8.58. The molecule has 0 unspecified atom stereocenters. The topological polar surface area (TPSA) is 70.7 Å². The normalized spacial score (nSPS) is 11.1. The number of thioether (sulfide) groups is 1. The molecule has 4 aromatic rings. The number of aryl methyl sites for hydroxylation is 2. The number of aromatic amines is 1. The molecule has 0 aliphatic heterocycles. The van der Waals surface area contributed by atoms with Gasteiger partial charge in [0.25, 0.3) is 0 Å². The third-order valence-electron chi connectivity index (χ3n) is 4.22. The van der Waals surface area contributed by atoms with Crippen molar-refractivity contribution in [1.82, 2.24) is 15.0 Å². The molecule has 7 heteroatoms. The molecular weight excluding hydrogens is 388 g/mol. The first-order chi connectivity index (χ1) is 13.5. The minimum absolute atomic E-state index is 0.0509. The molecule has 0 saturated heterocycles. The van der Waals surface area contributed by atoms with Gasteiger partial charge >= 0.3 is 0 Å². The van der Waals surface area contributed by atoms with Gasteiger partial charge in [-0.2, -0.15) is 0 Å². The number of anilines is 1. The molecule has 2 aromatic carbocycles. The van der Waals surface area contributed by atoms with Crippen molar-refractivity contribution in [3.05, 3.63) is 69.7 Å². The molecule has 0 radical (unpaired) electrons. The van der Waals surface area contributed by atoms with E-state index in [9.17, 15) is 4.79 Å². The summed E-state index contributed by atoms with van der Waals surface area (Å²) in [5.74, 6) is 0.666. The Balaban J connectivity index is 1.33. The molecular formula is C21H20N4OS2. The van der Waals surface area contributed by atoms with Crippen LogP contribution in [0.3, 0.4) is 0 Å². The minimum atomic E-state index is -0.0509. The number of nitrogens with one attached hydrogen (secondary N) is 2. The Morgan fingerprint density at radius 1 is 1.11 bits per heavy atom. The number of benzene rings is 2. The molecule has 0 atom stereocenters. The lowest BCUT2D eigenvalue weighted by atomic mass is 10.2. The predicted molar refractivity (Wildman–Crippen MR) is 116 cm³/mol. The first kappa shape index (κ1) is 18.7. The minimum Gasteiger partial charge on any atom is -0.333 e. The van der Waals surface area contributed by atoms with Gasteiger partial charge in [-0.1, -0.05) is 35.5 Å². The van der Waals surface area contributed by atoms with Crippen molar-refractivity contribution < 1.29 is 4.79 Å². The number of fused-ring (bicyclic) bond motifs is 1. The number of hydrogen-bond donors (Lipinski definition) is 2. The number of nitrogens with zero attached hydrogens (tertiary/aromatic N) is 2. The summed E-state index contributed by atoms with van der Waals surface area (Å²) < 4.78 is 0. The van der Waals surface area contributed by atoms with E-state index in [-0.39, 0.29) is 12.3 Å². The van der Waals surface area contributed by atoms with E-state index >= 15 is 0 Å². The molecule has 2 N–H and O–H groups in total. The van der Waals surface area contributed by atoms with Crippen LogP contribution in [-0.2, 0) is 17.0 Å². The van der Waals surface area contributed by atoms with Crippen molar-refractivity contribution in [2.75, 3.05) is 5.32 Å². The van der Waals surface area contributed by atoms with E-state index in [0.29, 0.717) is 0 Å². The maximum Gasteiger partial charge on any atom is 0.231 e. The number of hydrogen-bond acceptors (Lipinski definition) is 5. The molecule has 2 heterocycles. The van der Waals surface area contributed by atoms with Gasteiger partial charge in [-0.05, 0) is 43.7 Å². The smallest absolute Gasteiger partial charge is 0.231 e. The number of carbonyl (C=O) groups is 1. The van der Waals surface area contributed by atoms with Crippen LogP contribution < -0.4 is 5.32 Å². The maximum atomic E-state index is 12.2. The summed E-state index contributed by atoms with van der Waals surface area (Å²) in [6.45, 7) is 4.09. The van der Waals surface area contributed by atoms with Gasteiger partial charge in [0.1, 0.15) is 5.01 Å². The van der Waals surface area contributed by atoms with Gasteiger partial charge in [-0.15, -0.1) is 11.3 Å². The summed E-state index contributed by atoms with van der Waals surface area (Å²) in [6.07, 6.45) is 0.285. The van der Waals surface area contributed by atoms with Gasteiger partial charge in [0.15, 0.2) is 5.16 Å². The fraction of sp³-hybridized carbons (Fsp3) is 0.190. The highest BCUT2D eigenvalue weighted by molar-refractivity contribution is 7.98. The van der Waals surface area contributed by atoms with Gasteiger partial charge < -0.3 is 10.3 Å². The van der Waals surface area contributed by atoms with Crippen LogP contribution in [0.5, 0.6) is 0 Å². The zero-order valence-corrected chi connectivity index (χ0v) is 17.3. The number of H-pyrrole nitrogens is 1. The predicted octanol–water partition coefficient (Wildman–Crippen LogP) is 5.11. The maximum absolute atomic E-state index is 12.2. The molecule has 0 bridgehead atoms. The Labute approximate surface area is 171 Å². The van der Waals surface area contributed by atoms with Crippen LogP contribution in [0, 0.1) is 13.8 Å². The Hall–Kier alpha value is -2.64. The lowest BCUT2D eigenvalue weighted by Gasteiger charge is -2.04. The largest absolute Gasteiger partial charge is 0.333 e. The third-order valence-corrected chi connectivity index (χ3v) is 6.02. The molecule has 0 aliphatic carbocycles. The van der Waals surface area contributed by atoms with Crippen molar-refractivity contribution in [2.45, 2.75) is 31.2 Å². The summed E-state index contributed by atoms with van der Waals surface area (Å²) in [7, 11) is 0.